The molecule has 0 amide bonds. The van der Waals surface area contributed by atoms with Gasteiger partial charge >= 0.3 is 0 Å². The maximum absolute atomic E-state index is 2.12. The van der Waals surface area contributed by atoms with E-state index in [1.54, 1.807) is 0 Å². The lowest BCUT2D eigenvalue weighted by molar-refractivity contribution is 1.51. The van der Waals surface area contributed by atoms with Gasteiger partial charge in [-0.1, -0.05) is 48.6 Å². The lowest BCUT2D eigenvalue weighted by atomic mass is 10.2. The monoisotopic (exact) mass is 158 g/mol. The first kappa shape index (κ1) is 8.79. The second kappa shape index (κ2) is 4.55. The van der Waals surface area contributed by atoms with Gasteiger partial charge in [0.1, 0.15) is 0 Å². The zero-order valence-electron chi connectivity index (χ0n) is 7.62. The summed E-state index contributed by atoms with van der Waals surface area (Å²) in [5, 5.41) is 2.56. The van der Waals surface area contributed by atoms with Crippen molar-refractivity contribution >= 4 is 12.2 Å². The molecule has 0 aliphatic rings. The average molecular weight is 158 g/mol. The first-order chi connectivity index (χ1) is 5.88. The summed E-state index contributed by atoms with van der Waals surface area (Å²) in [6.07, 6.45) is 8.33. The van der Waals surface area contributed by atoms with Crippen LogP contribution in [0.2, 0.25) is 0 Å². The van der Waals surface area contributed by atoms with E-state index in [1.807, 2.05) is 13.0 Å². The molecule has 0 aliphatic carbocycles. The molecule has 0 aliphatic heterocycles. The van der Waals surface area contributed by atoms with Gasteiger partial charge in [0.2, 0.25) is 0 Å². The number of rotatable bonds is 1. The number of allylic oxidation sites excluding steroid dienone is 2. The van der Waals surface area contributed by atoms with Crippen LogP contribution in [0.4, 0.5) is 0 Å². The van der Waals surface area contributed by atoms with Gasteiger partial charge < -0.3 is 0 Å². The fraction of sp³-hybridized carbons (Fsp3) is 0.167. The van der Waals surface area contributed by atoms with Crippen LogP contribution < -0.4 is 10.4 Å². The third-order valence-corrected chi connectivity index (χ3v) is 1.78. The molecule has 1 aromatic carbocycles. The van der Waals surface area contributed by atoms with Crippen LogP contribution >= 0.6 is 0 Å². The molecule has 0 heterocycles. The highest BCUT2D eigenvalue weighted by Gasteiger charge is 1.78. The highest BCUT2D eigenvalue weighted by molar-refractivity contribution is 5.38. The summed E-state index contributed by atoms with van der Waals surface area (Å²) < 4.78 is 0. The Labute approximate surface area is 73.6 Å². The summed E-state index contributed by atoms with van der Waals surface area (Å²) in [6.45, 7) is 4.08. The van der Waals surface area contributed by atoms with Crippen molar-refractivity contribution < 1.29 is 0 Å². The fourth-order valence-corrected chi connectivity index (χ4v) is 1.13. The van der Waals surface area contributed by atoms with E-state index in [9.17, 15) is 0 Å². The van der Waals surface area contributed by atoms with Crippen LogP contribution in [0.1, 0.15) is 13.8 Å². The third-order valence-electron chi connectivity index (χ3n) is 1.78. The van der Waals surface area contributed by atoms with Gasteiger partial charge in [-0.25, -0.2) is 0 Å². The second-order valence-corrected chi connectivity index (χ2v) is 2.61. The minimum atomic E-state index is 1.28. The van der Waals surface area contributed by atoms with Crippen LogP contribution in [-0.4, -0.2) is 0 Å². The van der Waals surface area contributed by atoms with Crippen LogP contribution in [0.3, 0.4) is 0 Å². The van der Waals surface area contributed by atoms with E-state index in [2.05, 4.69) is 49.4 Å². The lowest BCUT2D eigenvalue weighted by Gasteiger charge is -1.86. The molecular formula is C12H14. The first-order valence-corrected chi connectivity index (χ1v) is 4.23. The van der Waals surface area contributed by atoms with Crippen LogP contribution in [0.5, 0.6) is 0 Å². The number of benzene rings is 1. The predicted octanol–water partition coefficient (Wildman–Crippen LogP) is 1.84. The smallest absolute Gasteiger partial charge is 0.0187 e. The molecule has 0 atom stereocenters. The minimum absolute atomic E-state index is 1.28. The molecule has 0 spiro atoms. The van der Waals surface area contributed by atoms with Crippen LogP contribution in [-0.2, 0) is 0 Å². The summed E-state index contributed by atoms with van der Waals surface area (Å²) in [4.78, 5) is 0. The molecule has 0 nitrogen and oxygen atoms in total. The van der Waals surface area contributed by atoms with Gasteiger partial charge in [-0.2, -0.15) is 0 Å². The van der Waals surface area contributed by atoms with Gasteiger partial charge in [0, 0.05) is 0 Å². The van der Waals surface area contributed by atoms with E-state index in [-0.39, 0.29) is 0 Å². The zero-order valence-corrected chi connectivity index (χ0v) is 7.62. The Morgan fingerprint density at radius 3 is 2.25 bits per heavy atom. The Hall–Kier alpha value is -1.30. The standard InChI is InChI=1S/C12H14/c1-3-5-8-12-10-7-6-9-11(12)4-2/h3-10H,1-2H3/b5-3+,11-4?,12-8-. The molecular weight excluding hydrogens is 144 g/mol. The molecule has 1 aromatic rings. The number of hydrogen-bond donors (Lipinski definition) is 0. The van der Waals surface area contributed by atoms with Crippen molar-refractivity contribution in [3.8, 4) is 0 Å². The van der Waals surface area contributed by atoms with Gasteiger partial charge in [0.15, 0.2) is 0 Å². The van der Waals surface area contributed by atoms with Gasteiger partial charge in [-0.05, 0) is 24.3 Å². The predicted molar refractivity (Wildman–Crippen MR) is 55.1 cm³/mol. The van der Waals surface area contributed by atoms with Crippen molar-refractivity contribution in [3.63, 3.8) is 0 Å². The van der Waals surface area contributed by atoms with E-state index >= 15 is 0 Å². The van der Waals surface area contributed by atoms with Crippen molar-refractivity contribution in [2.24, 2.45) is 0 Å². The largest absolute Gasteiger partial charge is 0.0876 e. The van der Waals surface area contributed by atoms with Crippen molar-refractivity contribution in [2.75, 3.05) is 0 Å². The molecule has 0 bridgehead atoms. The van der Waals surface area contributed by atoms with Crippen molar-refractivity contribution in [1.29, 1.82) is 0 Å². The van der Waals surface area contributed by atoms with Crippen molar-refractivity contribution in [2.45, 2.75) is 13.8 Å². The fourth-order valence-electron chi connectivity index (χ4n) is 1.13. The molecule has 0 unspecified atom stereocenters. The first-order valence-electron chi connectivity index (χ1n) is 4.23. The minimum Gasteiger partial charge on any atom is -0.0876 e. The maximum atomic E-state index is 2.12. The summed E-state index contributed by atoms with van der Waals surface area (Å²) in [5.41, 5.74) is 0. The van der Waals surface area contributed by atoms with Crippen molar-refractivity contribution in [3.05, 3.63) is 46.9 Å². The normalized spacial score (nSPS) is 14.5. The Morgan fingerprint density at radius 2 is 1.67 bits per heavy atom. The summed E-state index contributed by atoms with van der Waals surface area (Å²) in [5.74, 6) is 0. The topological polar surface area (TPSA) is 0 Å². The lowest BCUT2D eigenvalue weighted by Crippen LogP contribution is -2.22. The zero-order chi connectivity index (χ0) is 8.81. The van der Waals surface area contributed by atoms with Gasteiger partial charge in [0.05, 0.1) is 0 Å². The number of hydrogen-bond acceptors (Lipinski definition) is 0. The van der Waals surface area contributed by atoms with E-state index in [0.29, 0.717) is 0 Å². The molecule has 0 heteroatoms. The van der Waals surface area contributed by atoms with Crippen molar-refractivity contribution in [1.82, 2.24) is 0 Å². The molecule has 1 rings (SSSR count). The second-order valence-electron chi connectivity index (χ2n) is 2.61. The Morgan fingerprint density at radius 1 is 1.00 bits per heavy atom. The van der Waals surface area contributed by atoms with Crippen LogP contribution in [0.15, 0.2) is 36.4 Å². The Kier molecular flexibility index (Phi) is 3.34. The van der Waals surface area contributed by atoms with E-state index < -0.39 is 0 Å². The molecule has 0 radical (unpaired) electrons. The maximum Gasteiger partial charge on any atom is -0.0187 e. The molecule has 0 fully saturated rings. The van der Waals surface area contributed by atoms with E-state index in [4.69, 9.17) is 0 Å². The van der Waals surface area contributed by atoms with Gasteiger partial charge in [-0.3, -0.25) is 0 Å². The average Bonchev–Trinajstić information content (AvgIpc) is 2.15. The molecule has 0 saturated carbocycles. The van der Waals surface area contributed by atoms with Gasteiger partial charge in [-0.15, -0.1) is 0 Å². The molecule has 0 saturated heterocycles. The van der Waals surface area contributed by atoms with Gasteiger partial charge in [0.25, 0.3) is 0 Å². The molecule has 0 aromatic heterocycles. The quantitative estimate of drug-likeness (QED) is 0.585. The van der Waals surface area contributed by atoms with Crippen LogP contribution in [0.25, 0.3) is 12.2 Å². The summed E-state index contributed by atoms with van der Waals surface area (Å²) in [7, 11) is 0. The molecule has 0 N–H and O–H groups in total. The van der Waals surface area contributed by atoms with E-state index in [0.717, 1.165) is 0 Å². The summed E-state index contributed by atoms with van der Waals surface area (Å²) in [6, 6.07) is 8.36. The van der Waals surface area contributed by atoms with E-state index in [1.165, 1.54) is 10.4 Å². The highest BCUT2D eigenvalue weighted by Crippen LogP contribution is 1.74. The Bertz CT molecular complexity index is 369. The Balaban J connectivity index is 3.33. The third kappa shape index (κ3) is 2.09. The SMILES string of the molecule is CC=c1cccc/c1=C/C=C/C. The highest BCUT2D eigenvalue weighted by atomic mass is 13.8. The molecule has 12 heavy (non-hydrogen) atoms. The summed E-state index contributed by atoms with van der Waals surface area (Å²) >= 11 is 0. The molecule has 62 valence electrons. The van der Waals surface area contributed by atoms with Crippen LogP contribution in [0, 0.1) is 0 Å².